The molecule has 1 aliphatic rings. The summed E-state index contributed by atoms with van der Waals surface area (Å²) in [5, 5.41) is 0. The third-order valence-corrected chi connectivity index (χ3v) is 2.83. The van der Waals surface area contributed by atoms with Crippen LogP contribution in [0, 0.1) is 5.92 Å². The van der Waals surface area contributed by atoms with Gasteiger partial charge in [-0.15, -0.1) is 0 Å². The highest BCUT2D eigenvalue weighted by Gasteiger charge is 2.17. The van der Waals surface area contributed by atoms with Crippen molar-refractivity contribution in [3.8, 4) is 0 Å². The van der Waals surface area contributed by atoms with E-state index < -0.39 is 0 Å². The van der Waals surface area contributed by atoms with E-state index in [2.05, 4.69) is 13.0 Å². The van der Waals surface area contributed by atoms with Gasteiger partial charge in [-0.05, 0) is 37.7 Å². The number of hydrogen-bond acceptors (Lipinski definition) is 2. The molecule has 80 valence electrons. The summed E-state index contributed by atoms with van der Waals surface area (Å²) < 4.78 is 5.27. The maximum atomic E-state index is 11.1. The van der Waals surface area contributed by atoms with Gasteiger partial charge in [0.05, 0.1) is 0 Å². The van der Waals surface area contributed by atoms with E-state index in [1.165, 1.54) is 12.0 Å². The fourth-order valence-corrected chi connectivity index (χ4v) is 1.71. The third-order valence-electron chi connectivity index (χ3n) is 2.83. The van der Waals surface area contributed by atoms with Crippen LogP contribution in [0.2, 0.25) is 0 Å². The van der Waals surface area contributed by atoms with Gasteiger partial charge in [0.1, 0.15) is 6.10 Å². The van der Waals surface area contributed by atoms with E-state index in [0.29, 0.717) is 6.42 Å². The molecule has 0 aliphatic heterocycles. The lowest BCUT2D eigenvalue weighted by Crippen LogP contribution is -2.18. The maximum absolute atomic E-state index is 11.1. The standard InChI is InChI=1S/C12H20O2/c1-4-12(13)14-10(3)11-7-5-9(2)6-8-11/h7,9-10H,4-6,8H2,1-3H3/t9-,10?/m0/s1. The Morgan fingerprint density at radius 1 is 1.71 bits per heavy atom. The van der Waals surface area contributed by atoms with Gasteiger partial charge in [0, 0.05) is 6.42 Å². The van der Waals surface area contributed by atoms with Crippen LogP contribution < -0.4 is 0 Å². The minimum Gasteiger partial charge on any atom is -0.458 e. The van der Waals surface area contributed by atoms with Crippen LogP contribution in [0.1, 0.15) is 46.5 Å². The monoisotopic (exact) mass is 196 g/mol. The van der Waals surface area contributed by atoms with Crippen LogP contribution >= 0.6 is 0 Å². The highest BCUT2D eigenvalue weighted by Crippen LogP contribution is 2.26. The summed E-state index contributed by atoms with van der Waals surface area (Å²) in [6.07, 6.45) is 6.12. The van der Waals surface area contributed by atoms with E-state index in [9.17, 15) is 4.79 Å². The van der Waals surface area contributed by atoms with Crippen molar-refractivity contribution in [2.24, 2.45) is 5.92 Å². The molecule has 0 aromatic carbocycles. The highest BCUT2D eigenvalue weighted by molar-refractivity contribution is 5.69. The summed E-state index contributed by atoms with van der Waals surface area (Å²) in [4.78, 5) is 11.1. The van der Waals surface area contributed by atoms with Gasteiger partial charge in [0.25, 0.3) is 0 Å². The lowest BCUT2D eigenvalue weighted by Gasteiger charge is -2.22. The average molecular weight is 196 g/mol. The lowest BCUT2D eigenvalue weighted by atomic mass is 9.89. The second kappa shape index (κ2) is 5.18. The molecule has 0 amide bonds. The molecule has 0 radical (unpaired) electrons. The number of carbonyl (C=O) groups excluding carboxylic acids is 1. The number of hydrogen-bond donors (Lipinski definition) is 0. The van der Waals surface area contributed by atoms with Gasteiger partial charge in [-0.1, -0.05) is 19.9 Å². The molecule has 1 rings (SSSR count). The summed E-state index contributed by atoms with van der Waals surface area (Å²) in [6.45, 7) is 6.05. The van der Waals surface area contributed by atoms with Crippen molar-refractivity contribution in [1.29, 1.82) is 0 Å². The van der Waals surface area contributed by atoms with Crippen molar-refractivity contribution in [2.45, 2.75) is 52.6 Å². The topological polar surface area (TPSA) is 26.3 Å². The van der Waals surface area contributed by atoms with Crippen molar-refractivity contribution in [2.75, 3.05) is 0 Å². The minimum absolute atomic E-state index is 0.0186. The Morgan fingerprint density at radius 3 is 2.93 bits per heavy atom. The molecule has 0 spiro atoms. The summed E-state index contributed by atoms with van der Waals surface area (Å²) in [6, 6.07) is 0. The van der Waals surface area contributed by atoms with Gasteiger partial charge >= 0.3 is 5.97 Å². The molecule has 2 heteroatoms. The molecular formula is C12H20O2. The molecule has 0 aromatic heterocycles. The highest BCUT2D eigenvalue weighted by atomic mass is 16.5. The van der Waals surface area contributed by atoms with Crippen LogP contribution in [-0.4, -0.2) is 12.1 Å². The normalized spacial score (nSPS) is 23.9. The first-order valence-electron chi connectivity index (χ1n) is 5.51. The van der Waals surface area contributed by atoms with Crippen LogP contribution in [0.15, 0.2) is 11.6 Å². The third kappa shape index (κ3) is 3.17. The second-order valence-electron chi connectivity index (χ2n) is 4.14. The van der Waals surface area contributed by atoms with Crippen LogP contribution in [-0.2, 0) is 9.53 Å². The largest absolute Gasteiger partial charge is 0.458 e. The Bertz CT molecular complexity index is 230. The summed E-state index contributed by atoms with van der Waals surface area (Å²) in [5.74, 6) is 0.685. The van der Waals surface area contributed by atoms with Gasteiger partial charge in [0.15, 0.2) is 0 Å². The van der Waals surface area contributed by atoms with E-state index in [0.717, 1.165) is 18.8 Å². The van der Waals surface area contributed by atoms with Crippen LogP contribution in [0.25, 0.3) is 0 Å². The van der Waals surface area contributed by atoms with Crippen molar-refractivity contribution in [3.05, 3.63) is 11.6 Å². The SMILES string of the molecule is CCC(=O)OC(C)C1=CC[C@H](C)CC1. The first kappa shape index (κ1) is 11.3. The van der Waals surface area contributed by atoms with E-state index in [4.69, 9.17) is 4.74 Å². The molecule has 0 saturated carbocycles. The number of ether oxygens (including phenoxy) is 1. The average Bonchev–Trinajstić information content (AvgIpc) is 2.18. The number of esters is 1. The second-order valence-corrected chi connectivity index (χ2v) is 4.14. The molecule has 2 nitrogen and oxygen atoms in total. The minimum atomic E-state index is -0.1000. The molecular weight excluding hydrogens is 176 g/mol. The summed E-state index contributed by atoms with van der Waals surface area (Å²) >= 11 is 0. The van der Waals surface area contributed by atoms with Crippen molar-refractivity contribution in [3.63, 3.8) is 0 Å². The molecule has 0 aromatic rings. The predicted molar refractivity (Wildman–Crippen MR) is 56.9 cm³/mol. The first-order chi connectivity index (χ1) is 6.63. The Labute approximate surface area is 86.3 Å². The molecule has 0 N–H and O–H groups in total. The molecule has 0 saturated heterocycles. The van der Waals surface area contributed by atoms with Crippen LogP contribution in [0.3, 0.4) is 0 Å². The van der Waals surface area contributed by atoms with Crippen LogP contribution in [0.5, 0.6) is 0 Å². The molecule has 1 unspecified atom stereocenters. The summed E-state index contributed by atoms with van der Waals surface area (Å²) in [7, 11) is 0. The molecule has 1 aliphatic carbocycles. The Hall–Kier alpha value is -0.790. The zero-order valence-corrected chi connectivity index (χ0v) is 9.38. The number of rotatable bonds is 3. The van der Waals surface area contributed by atoms with Crippen molar-refractivity contribution < 1.29 is 9.53 Å². The Balaban J connectivity index is 2.44. The zero-order valence-electron chi connectivity index (χ0n) is 9.38. The van der Waals surface area contributed by atoms with E-state index in [1.54, 1.807) is 0 Å². The fourth-order valence-electron chi connectivity index (χ4n) is 1.71. The maximum Gasteiger partial charge on any atom is 0.306 e. The number of carbonyl (C=O) groups is 1. The van der Waals surface area contributed by atoms with Gasteiger partial charge in [-0.3, -0.25) is 4.79 Å². The van der Waals surface area contributed by atoms with E-state index in [1.807, 2.05) is 13.8 Å². The van der Waals surface area contributed by atoms with Gasteiger partial charge < -0.3 is 4.74 Å². The Morgan fingerprint density at radius 2 is 2.43 bits per heavy atom. The van der Waals surface area contributed by atoms with Crippen LogP contribution in [0.4, 0.5) is 0 Å². The fraction of sp³-hybridized carbons (Fsp3) is 0.750. The molecule has 0 heterocycles. The number of allylic oxidation sites excluding steroid dienone is 1. The smallest absolute Gasteiger partial charge is 0.306 e. The summed E-state index contributed by atoms with van der Waals surface area (Å²) in [5.41, 5.74) is 1.30. The van der Waals surface area contributed by atoms with Gasteiger partial charge in [-0.2, -0.15) is 0 Å². The first-order valence-corrected chi connectivity index (χ1v) is 5.51. The van der Waals surface area contributed by atoms with Gasteiger partial charge in [-0.25, -0.2) is 0 Å². The molecule has 14 heavy (non-hydrogen) atoms. The molecule has 0 fully saturated rings. The van der Waals surface area contributed by atoms with Crippen molar-refractivity contribution >= 4 is 5.97 Å². The van der Waals surface area contributed by atoms with Crippen molar-refractivity contribution in [1.82, 2.24) is 0 Å². The molecule has 2 atom stereocenters. The lowest BCUT2D eigenvalue weighted by molar-refractivity contribution is -0.146. The molecule has 0 bridgehead atoms. The quantitative estimate of drug-likeness (QED) is 0.512. The Kier molecular flexibility index (Phi) is 4.18. The van der Waals surface area contributed by atoms with Gasteiger partial charge in [0.2, 0.25) is 0 Å². The predicted octanol–water partition coefficient (Wildman–Crippen LogP) is 3.07. The van der Waals surface area contributed by atoms with E-state index in [-0.39, 0.29) is 12.1 Å². The zero-order chi connectivity index (χ0) is 10.6. The van der Waals surface area contributed by atoms with E-state index >= 15 is 0 Å².